The number of nitrogens with zero attached hydrogens (tertiary/aromatic N) is 2. The number of aliphatic hydroxyl groups excluding tert-OH is 1. The Balaban J connectivity index is 2.28. The Morgan fingerprint density at radius 3 is 2.67 bits per heavy atom. The molecule has 3 aliphatic heterocycles. The van der Waals surface area contributed by atoms with Crippen molar-refractivity contribution >= 4 is 0 Å². The Morgan fingerprint density at radius 1 is 1.33 bits per heavy atom. The van der Waals surface area contributed by atoms with Crippen molar-refractivity contribution in [3.05, 3.63) is 11.4 Å². The van der Waals surface area contributed by atoms with Gasteiger partial charge < -0.3 is 14.9 Å². The van der Waals surface area contributed by atoms with Gasteiger partial charge in [0.25, 0.3) is 0 Å². The lowest BCUT2D eigenvalue weighted by Crippen LogP contribution is -2.57. The van der Waals surface area contributed by atoms with Crippen molar-refractivity contribution in [3.63, 3.8) is 0 Å². The number of hydrogen-bond donors (Lipinski definition) is 1. The number of hydrogen-bond acceptors (Lipinski definition) is 3. The summed E-state index contributed by atoms with van der Waals surface area (Å²) in [4.78, 5) is 4.70. The van der Waals surface area contributed by atoms with Crippen molar-refractivity contribution in [1.29, 1.82) is 0 Å². The molecule has 3 nitrogen and oxygen atoms in total. The first-order chi connectivity index (χ1) is 5.74. The van der Waals surface area contributed by atoms with E-state index in [0.29, 0.717) is 6.04 Å². The first-order valence-corrected chi connectivity index (χ1v) is 4.54. The van der Waals surface area contributed by atoms with E-state index in [1.807, 2.05) is 0 Å². The monoisotopic (exact) mass is 168 g/mol. The fourth-order valence-electron chi connectivity index (χ4n) is 2.19. The van der Waals surface area contributed by atoms with Crippen molar-refractivity contribution in [2.45, 2.75) is 19.9 Å². The van der Waals surface area contributed by atoms with Gasteiger partial charge in [-0.15, -0.1) is 0 Å². The van der Waals surface area contributed by atoms with Gasteiger partial charge in [0.2, 0.25) is 0 Å². The molecule has 0 radical (unpaired) electrons. The lowest BCUT2D eigenvalue weighted by Gasteiger charge is -2.50. The highest BCUT2D eigenvalue weighted by Gasteiger charge is 2.32. The highest BCUT2D eigenvalue weighted by molar-refractivity contribution is 5.17. The van der Waals surface area contributed by atoms with Crippen molar-refractivity contribution in [2.75, 3.05) is 26.2 Å². The average molecular weight is 168 g/mol. The molecule has 0 amide bonds. The van der Waals surface area contributed by atoms with Gasteiger partial charge in [-0.1, -0.05) is 0 Å². The van der Waals surface area contributed by atoms with Crippen LogP contribution in [-0.2, 0) is 0 Å². The summed E-state index contributed by atoms with van der Waals surface area (Å²) in [6.45, 7) is 7.78. The number of fused-ring (bicyclic) bond motifs is 2. The molecular formula is C9H16N2O. The van der Waals surface area contributed by atoms with Gasteiger partial charge in [0, 0.05) is 31.0 Å². The third-order valence-corrected chi connectivity index (χ3v) is 3.12. The molecule has 1 saturated heterocycles. The summed E-state index contributed by atoms with van der Waals surface area (Å²) < 4.78 is 0. The molecule has 1 unspecified atom stereocenters. The number of piperazine rings is 1. The van der Waals surface area contributed by atoms with E-state index in [2.05, 4.69) is 23.6 Å². The number of aliphatic hydroxyl groups is 1. The Kier molecular flexibility index (Phi) is 1.76. The predicted molar refractivity (Wildman–Crippen MR) is 47.5 cm³/mol. The second-order valence-electron chi connectivity index (χ2n) is 3.65. The smallest absolute Gasteiger partial charge is 0.0694 e. The van der Waals surface area contributed by atoms with Crippen LogP contribution in [0.25, 0.3) is 0 Å². The van der Waals surface area contributed by atoms with E-state index in [0.717, 1.165) is 19.6 Å². The lowest BCUT2D eigenvalue weighted by molar-refractivity contribution is 0.0504. The Morgan fingerprint density at radius 2 is 2.08 bits per heavy atom. The predicted octanol–water partition coefficient (Wildman–Crippen LogP) is 0.230. The molecule has 0 spiro atoms. The summed E-state index contributed by atoms with van der Waals surface area (Å²) in [6, 6.07) is 0.336. The van der Waals surface area contributed by atoms with Crippen molar-refractivity contribution in [3.8, 4) is 0 Å². The summed E-state index contributed by atoms with van der Waals surface area (Å²) in [5.74, 6) is 0. The largest absolute Gasteiger partial charge is 0.394 e. The van der Waals surface area contributed by atoms with Crippen LogP contribution in [0, 0.1) is 0 Å². The molecular weight excluding hydrogens is 152 g/mol. The zero-order valence-electron chi connectivity index (χ0n) is 7.75. The van der Waals surface area contributed by atoms with Crippen LogP contribution in [0.2, 0.25) is 0 Å². The summed E-state index contributed by atoms with van der Waals surface area (Å²) in [5, 5.41) is 9.13. The zero-order chi connectivity index (χ0) is 8.72. The van der Waals surface area contributed by atoms with E-state index >= 15 is 0 Å². The van der Waals surface area contributed by atoms with Crippen LogP contribution >= 0.6 is 0 Å². The molecule has 68 valence electrons. The van der Waals surface area contributed by atoms with Gasteiger partial charge in [-0.2, -0.15) is 0 Å². The third-order valence-electron chi connectivity index (χ3n) is 3.12. The van der Waals surface area contributed by atoms with Crippen molar-refractivity contribution < 1.29 is 5.11 Å². The molecule has 3 aliphatic rings. The minimum Gasteiger partial charge on any atom is -0.394 e. The highest BCUT2D eigenvalue weighted by Crippen LogP contribution is 2.27. The molecule has 1 N–H and O–H groups in total. The minimum absolute atomic E-state index is 0.279. The Hall–Kier alpha value is -0.700. The van der Waals surface area contributed by atoms with E-state index < -0.39 is 0 Å². The summed E-state index contributed by atoms with van der Waals surface area (Å²) in [7, 11) is 0. The normalized spacial score (nSPS) is 28.8. The van der Waals surface area contributed by atoms with Gasteiger partial charge >= 0.3 is 0 Å². The van der Waals surface area contributed by atoms with Gasteiger partial charge in [0.05, 0.1) is 12.6 Å². The van der Waals surface area contributed by atoms with Crippen LogP contribution in [0.1, 0.15) is 13.8 Å². The van der Waals surface area contributed by atoms with Crippen molar-refractivity contribution in [1.82, 2.24) is 9.80 Å². The van der Waals surface area contributed by atoms with Crippen LogP contribution in [-0.4, -0.2) is 47.2 Å². The summed E-state index contributed by atoms with van der Waals surface area (Å²) in [5.41, 5.74) is 2.72. The standard InChI is InChI=1S/C9H16N2O/c1-7-8(2)11-4-3-10(7)5-9(11)6-12/h9,12H,3-6H2,1-2H3. The van der Waals surface area contributed by atoms with Gasteiger partial charge in [-0.3, -0.25) is 0 Å². The van der Waals surface area contributed by atoms with Crippen molar-refractivity contribution in [2.24, 2.45) is 0 Å². The van der Waals surface area contributed by atoms with Crippen LogP contribution in [0.3, 0.4) is 0 Å². The summed E-state index contributed by atoms with van der Waals surface area (Å²) >= 11 is 0. The molecule has 3 heteroatoms. The average Bonchev–Trinajstić information content (AvgIpc) is 2.12. The van der Waals surface area contributed by atoms with E-state index in [9.17, 15) is 0 Å². The topological polar surface area (TPSA) is 26.7 Å². The summed E-state index contributed by atoms with van der Waals surface area (Å²) in [6.07, 6.45) is 0. The second kappa shape index (κ2) is 2.66. The maximum atomic E-state index is 9.13. The number of rotatable bonds is 1. The fourth-order valence-corrected chi connectivity index (χ4v) is 2.19. The van der Waals surface area contributed by atoms with E-state index in [1.165, 1.54) is 11.4 Å². The molecule has 0 aromatic rings. The molecule has 1 fully saturated rings. The Bertz CT molecular complexity index is 225. The quantitative estimate of drug-likeness (QED) is 0.607. The van der Waals surface area contributed by atoms with Gasteiger partial charge in [-0.25, -0.2) is 0 Å². The SMILES string of the molecule is CC1=C(C)N2CCN1CC2CO. The van der Waals surface area contributed by atoms with Gasteiger partial charge in [0.15, 0.2) is 0 Å². The van der Waals surface area contributed by atoms with E-state index in [4.69, 9.17) is 5.11 Å². The molecule has 12 heavy (non-hydrogen) atoms. The molecule has 3 rings (SSSR count). The third kappa shape index (κ3) is 0.926. The molecule has 2 bridgehead atoms. The second-order valence-corrected chi connectivity index (χ2v) is 3.65. The maximum Gasteiger partial charge on any atom is 0.0694 e. The fraction of sp³-hybridized carbons (Fsp3) is 0.778. The first-order valence-electron chi connectivity index (χ1n) is 4.54. The number of allylic oxidation sites excluding steroid dienone is 2. The molecule has 0 aliphatic carbocycles. The maximum absolute atomic E-state index is 9.13. The minimum atomic E-state index is 0.279. The molecule has 3 heterocycles. The Labute approximate surface area is 73.3 Å². The zero-order valence-corrected chi connectivity index (χ0v) is 7.75. The highest BCUT2D eigenvalue weighted by atomic mass is 16.3. The van der Waals surface area contributed by atoms with Crippen LogP contribution in [0.5, 0.6) is 0 Å². The van der Waals surface area contributed by atoms with Gasteiger partial charge in [-0.05, 0) is 13.8 Å². The molecule has 0 aromatic heterocycles. The van der Waals surface area contributed by atoms with E-state index in [-0.39, 0.29) is 6.61 Å². The molecule has 1 atom stereocenters. The molecule has 0 saturated carbocycles. The van der Waals surface area contributed by atoms with E-state index in [1.54, 1.807) is 0 Å². The van der Waals surface area contributed by atoms with Crippen LogP contribution in [0.15, 0.2) is 11.4 Å². The van der Waals surface area contributed by atoms with Crippen LogP contribution < -0.4 is 0 Å². The lowest BCUT2D eigenvalue weighted by atomic mass is 10.1. The first kappa shape index (κ1) is 7.92. The van der Waals surface area contributed by atoms with Crippen LogP contribution in [0.4, 0.5) is 0 Å². The molecule has 0 aromatic carbocycles. The van der Waals surface area contributed by atoms with Gasteiger partial charge in [0.1, 0.15) is 0 Å².